The van der Waals surface area contributed by atoms with Crippen molar-refractivity contribution in [2.45, 2.75) is 39.7 Å². The van der Waals surface area contributed by atoms with E-state index in [0.717, 1.165) is 23.1 Å². The van der Waals surface area contributed by atoms with E-state index in [1.807, 2.05) is 30.3 Å². The highest BCUT2D eigenvalue weighted by Crippen LogP contribution is 2.22. The Morgan fingerprint density at radius 1 is 1.17 bits per heavy atom. The highest BCUT2D eigenvalue weighted by Gasteiger charge is 2.14. The van der Waals surface area contributed by atoms with Gasteiger partial charge in [-0.2, -0.15) is 0 Å². The number of pyridine rings is 1. The number of benzene rings is 1. The molecule has 0 unspecified atom stereocenters. The van der Waals surface area contributed by atoms with E-state index >= 15 is 0 Å². The van der Waals surface area contributed by atoms with E-state index in [4.69, 9.17) is 0 Å². The number of para-hydroxylation sites is 1. The molecule has 134 valence electrons. The third kappa shape index (κ3) is 5.62. The summed E-state index contributed by atoms with van der Waals surface area (Å²) in [6, 6.07) is 9.98. The van der Waals surface area contributed by atoms with Gasteiger partial charge < -0.3 is 10.6 Å². The van der Waals surface area contributed by atoms with E-state index < -0.39 is 0 Å². The molecule has 2 aromatic rings. The van der Waals surface area contributed by atoms with Gasteiger partial charge in [0, 0.05) is 23.7 Å². The second-order valence-corrected chi connectivity index (χ2v) is 5.94. The first kappa shape index (κ1) is 22.6. The fourth-order valence-corrected chi connectivity index (χ4v) is 2.44. The van der Waals surface area contributed by atoms with Crippen LogP contribution < -0.4 is 10.6 Å². The Hall–Kier alpha value is -1.36. The van der Waals surface area contributed by atoms with Crippen molar-refractivity contribution in [1.29, 1.82) is 0 Å². The SMILES string of the molecule is CCN[C@H](C)CNC(=O)c1cc(C(C)C)nc2ccccc12.Cl.Cl. The molecule has 1 amide bonds. The number of amides is 1. The maximum atomic E-state index is 12.6. The number of aromatic nitrogens is 1. The maximum absolute atomic E-state index is 12.6. The van der Waals surface area contributed by atoms with Crippen molar-refractivity contribution in [2.75, 3.05) is 13.1 Å². The number of nitrogens with one attached hydrogen (secondary N) is 2. The fraction of sp³-hybridized carbons (Fsp3) is 0.444. The molecule has 0 aliphatic carbocycles. The molecular formula is C18H27Cl2N3O. The average molecular weight is 372 g/mol. The zero-order chi connectivity index (χ0) is 16.1. The summed E-state index contributed by atoms with van der Waals surface area (Å²) in [5.41, 5.74) is 2.53. The van der Waals surface area contributed by atoms with Crippen LogP contribution in [0.2, 0.25) is 0 Å². The molecule has 1 atom stereocenters. The van der Waals surface area contributed by atoms with E-state index in [-0.39, 0.29) is 42.7 Å². The van der Waals surface area contributed by atoms with E-state index in [2.05, 4.69) is 43.3 Å². The number of likely N-dealkylation sites (N-methyl/N-ethyl adjacent to an activating group) is 1. The highest BCUT2D eigenvalue weighted by molar-refractivity contribution is 6.06. The zero-order valence-electron chi connectivity index (χ0n) is 14.6. The van der Waals surface area contributed by atoms with Gasteiger partial charge in [-0.05, 0) is 31.5 Å². The lowest BCUT2D eigenvalue weighted by atomic mass is 10.0. The van der Waals surface area contributed by atoms with Gasteiger partial charge >= 0.3 is 0 Å². The summed E-state index contributed by atoms with van der Waals surface area (Å²) < 4.78 is 0. The third-order valence-electron chi connectivity index (χ3n) is 3.69. The molecule has 2 rings (SSSR count). The van der Waals surface area contributed by atoms with Crippen LogP contribution in [0.3, 0.4) is 0 Å². The summed E-state index contributed by atoms with van der Waals surface area (Å²) in [6.45, 7) is 9.81. The quantitative estimate of drug-likeness (QED) is 0.808. The van der Waals surface area contributed by atoms with Crippen LogP contribution in [0.25, 0.3) is 10.9 Å². The van der Waals surface area contributed by atoms with Gasteiger partial charge in [-0.25, -0.2) is 0 Å². The molecule has 1 aromatic carbocycles. The fourth-order valence-electron chi connectivity index (χ4n) is 2.44. The van der Waals surface area contributed by atoms with Crippen LogP contribution in [0.5, 0.6) is 0 Å². The summed E-state index contributed by atoms with van der Waals surface area (Å²) in [5.74, 6) is 0.252. The van der Waals surface area contributed by atoms with Crippen LogP contribution in [0.4, 0.5) is 0 Å². The van der Waals surface area contributed by atoms with Crippen LogP contribution in [-0.2, 0) is 0 Å². The Labute approximate surface area is 156 Å². The molecule has 6 heteroatoms. The minimum Gasteiger partial charge on any atom is -0.350 e. The Kier molecular flexibility index (Phi) is 9.90. The van der Waals surface area contributed by atoms with Gasteiger partial charge in [0.25, 0.3) is 5.91 Å². The molecule has 0 bridgehead atoms. The molecule has 0 spiro atoms. The standard InChI is InChI=1S/C18H25N3O.2ClH/c1-5-19-13(4)11-20-18(22)15-10-17(12(2)3)21-16-9-7-6-8-14(15)16;;/h6-10,12-13,19H,5,11H2,1-4H3,(H,20,22);2*1H/t13-;;/m1../s1. The third-order valence-corrected chi connectivity index (χ3v) is 3.69. The second kappa shape index (κ2) is 10.5. The number of carbonyl (C=O) groups is 1. The van der Waals surface area contributed by atoms with E-state index in [1.165, 1.54) is 0 Å². The normalized spacial score (nSPS) is 11.5. The number of rotatable bonds is 6. The molecule has 0 aliphatic rings. The Bertz CT molecular complexity index is 662. The first-order valence-corrected chi connectivity index (χ1v) is 7.94. The van der Waals surface area contributed by atoms with Crippen LogP contribution in [0, 0.1) is 0 Å². The van der Waals surface area contributed by atoms with Crippen molar-refractivity contribution < 1.29 is 4.79 Å². The summed E-state index contributed by atoms with van der Waals surface area (Å²) >= 11 is 0. The van der Waals surface area contributed by atoms with Crippen molar-refractivity contribution in [3.8, 4) is 0 Å². The van der Waals surface area contributed by atoms with Gasteiger partial charge in [-0.3, -0.25) is 9.78 Å². The first-order chi connectivity index (χ1) is 10.5. The highest BCUT2D eigenvalue weighted by atomic mass is 35.5. The largest absolute Gasteiger partial charge is 0.350 e. The van der Waals surface area contributed by atoms with Crippen molar-refractivity contribution in [2.24, 2.45) is 0 Å². The van der Waals surface area contributed by atoms with Gasteiger partial charge in [-0.15, -0.1) is 24.8 Å². The van der Waals surface area contributed by atoms with E-state index in [0.29, 0.717) is 12.1 Å². The Morgan fingerprint density at radius 3 is 2.46 bits per heavy atom. The lowest BCUT2D eigenvalue weighted by molar-refractivity contribution is 0.0951. The number of fused-ring (bicyclic) bond motifs is 1. The first-order valence-electron chi connectivity index (χ1n) is 7.94. The van der Waals surface area contributed by atoms with Crippen molar-refractivity contribution >= 4 is 41.6 Å². The number of carbonyl (C=O) groups excluding carboxylic acids is 1. The topological polar surface area (TPSA) is 54.0 Å². The molecule has 2 N–H and O–H groups in total. The van der Waals surface area contributed by atoms with Gasteiger partial charge in [-0.1, -0.05) is 39.0 Å². The Morgan fingerprint density at radius 2 is 1.83 bits per heavy atom. The summed E-state index contributed by atoms with van der Waals surface area (Å²) in [4.78, 5) is 17.2. The van der Waals surface area contributed by atoms with E-state index in [1.54, 1.807) is 0 Å². The van der Waals surface area contributed by atoms with Crippen LogP contribution >= 0.6 is 24.8 Å². The van der Waals surface area contributed by atoms with E-state index in [9.17, 15) is 4.79 Å². The summed E-state index contributed by atoms with van der Waals surface area (Å²) in [7, 11) is 0. The predicted molar refractivity (Wildman–Crippen MR) is 106 cm³/mol. The minimum atomic E-state index is -0.0368. The number of nitrogens with zero attached hydrogens (tertiary/aromatic N) is 1. The molecule has 0 saturated heterocycles. The molecule has 0 saturated carbocycles. The van der Waals surface area contributed by atoms with Crippen molar-refractivity contribution in [3.63, 3.8) is 0 Å². The monoisotopic (exact) mass is 371 g/mol. The Balaban J connectivity index is 0.00000264. The number of halogens is 2. The molecule has 24 heavy (non-hydrogen) atoms. The van der Waals surface area contributed by atoms with Crippen LogP contribution in [0.15, 0.2) is 30.3 Å². The summed E-state index contributed by atoms with van der Waals surface area (Å²) in [5, 5.41) is 7.21. The van der Waals surface area contributed by atoms with Gasteiger partial charge in [0.2, 0.25) is 0 Å². The van der Waals surface area contributed by atoms with Gasteiger partial charge in [0.1, 0.15) is 0 Å². The molecular weight excluding hydrogens is 345 g/mol. The molecule has 1 heterocycles. The lowest BCUT2D eigenvalue weighted by Crippen LogP contribution is -2.38. The average Bonchev–Trinajstić information content (AvgIpc) is 2.51. The zero-order valence-corrected chi connectivity index (χ0v) is 16.3. The second-order valence-electron chi connectivity index (χ2n) is 5.94. The molecule has 0 radical (unpaired) electrons. The van der Waals surface area contributed by atoms with Crippen LogP contribution in [0.1, 0.15) is 49.7 Å². The predicted octanol–water partition coefficient (Wildman–Crippen LogP) is 3.93. The molecule has 1 aromatic heterocycles. The molecule has 0 aliphatic heterocycles. The van der Waals surface area contributed by atoms with Gasteiger partial charge in [0.15, 0.2) is 0 Å². The lowest BCUT2D eigenvalue weighted by Gasteiger charge is -2.15. The molecule has 4 nitrogen and oxygen atoms in total. The molecule has 0 fully saturated rings. The number of hydrogen-bond donors (Lipinski definition) is 2. The van der Waals surface area contributed by atoms with Gasteiger partial charge in [0.05, 0.1) is 11.1 Å². The maximum Gasteiger partial charge on any atom is 0.252 e. The van der Waals surface area contributed by atoms with Crippen molar-refractivity contribution in [1.82, 2.24) is 15.6 Å². The number of hydrogen-bond acceptors (Lipinski definition) is 3. The summed E-state index contributed by atoms with van der Waals surface area (Å²) in [6.07, 6.45) is 0. The van der Waals surface area contributed by atoms with Crippen LogP contribution in [-0.4, -0.2) is 30.0 Å². The smallest absolute Gasteiger partial charge is 0.252 e. The minimum absolute atomic E-state index is 0. The van der Waals surface area contributed by atoms with Crippen molar-refractivity contribution in [3.05, 3.63) is 41.6 Å².